The van der Waals surface area contributed by atoms with E-state index < -0.39 is 5.97 Å². The summed E-state index contributed by atoms with van der Waals surface area (Å²) in [6.07, 6.45) is 0. The van der Waals surface area contributed by atoms with E-state index >= 15 is 0 Å². The SMILES string of the molecule is Cc1nsc2cccc(-c3cc(C(=O)O)[nH]n3)c12. The van der Waals surface area contributed by atoms with Crippen molar-refractivity contribution in [3.8, 4) is 11.3 Å². The maximum atomic E-state index is 10.8. The molecule has 0 aliphatic rings. The highest BCUT2D eigenvalue weighted by Gasteiger charge is 2.13. The second-order valence-corrected chi connectivity index (χ2v) is 4.72. The number of aryl methyl sites for hydroxylation is 1. The molecule has 0 bridgehead atoms. The zero-order chi connectivity index (χ0) is 12.7. The summed E-state index contributed by atoms with van der Waals surface area (Å²) in [6.45, 7) is 1.94. The monoisotopic (exact) mass is 259 g/mol. The topological polar surface area (TPSA) is 78.9 Å². The van der Waals surface area contributed by atoms with E-state index in [4.69, 9.17) is 5.11 Å². The van der Waals surface area contributed by atoms with Gasteiger partial charge in [0.25, 0.3) is 0 Å². The molecule has 0 amide bonds. The van der Waals surface area contributed by atoms with Crippen LogP contribution in [0.25, 0.3) is 21.3 Å². The molecule has 1 aromatic carbocycles. The summed E-state index contributed by atoms with van der Waals surface area (Å²) in [4.78, 5) is 10.8. The number of nitrogens with one attached hydrogen (secondary N) is 1. The predicted molar refractivity (Wildman–Crippen MR) is 68.9 cm³/mol. The van der Waals surface area contributed by atoms with Crippen LogP contribution in [-0.4, -0.2) is 25.6 Å². The van der Waals surface area contributed by atoms with Gasteiger partial charge in [-0.1, -0.05) is 12.1 Å². The van der Waals surface area contributed by atoms with Crippen molar-refractivity contribution in [2.45, 2.75) is 6.92 Å². The Kier molecular flexibility index (Phi) is 2.38. The Bertz CT molecular complexity index is 745. The third kappa shape index (κ3) is 1.58. The second kappa shape index (κ2) is 3.92. The van der Waals surface area contributed by atoms with Crippen molar-refractivity contribution in [1.29, 1.82) is 0 Å². The molecule has 0 aliphatic heterocycles. The molecule has 90 valence electrons. The fourth-order valence-corrected chi connectivity index (χ4v) is 2.74. The van der Waals surface area contributed by atoms with Gasteiger partial charge in [0.1, 0.15) is 5.69 Å². The van der Waals surface area contributed by atoms with Crippen LogP contribution >= 0.6 is 11.5 Å². The van der Waals surface area contributed by atoms with Gasteiger partial charge in [-0.25, -0.2) is 4.79 Å². The Balaban J connectivity index is 2.24. The van der Waals surface area contributed by atoms with Crippen molar-refractivity contribution in [1.82, 2.24) is 14.6 Å². The highest BCUT2D eigenvalue weighted by atomic mass is 32.1. The van der Waals surface area contributed by atoms with Crippen molar-refractivity contribution in [2.75, 3.05) is 0 Å². The van der Waals surface area contributed by atoms with Crippen molar-refractivity contribution < 1.29 is 9.90 Å². The number of aromatic carboxylic acids is 1. The van der Waals surface area contributed by atoms with Gasteiger partial charge in [-0.15, -0.1) is 0 Å². The van der Waals surface area contributed by atoms with Crippen LogP contribution in [-0.2, 0) is 0 Å². The first-order chi connectivity index (χ1) is 8.66. The van der Waals surface area contributed by atoms with Crippen LogP contribution in [0.2, 0.25) is 0 Å². The van der Waals surface area contributed by atoms with Crippen LogP contribution in [0.5, 0.6) is 0 Å². The van der Waals surface area contributed by atoms with Crippen LogP contribution in [0.15, 0.2) is 24.3 Å². The van der Waals surface area contributed by atoms with Crippen molar-refractivity contribution in [2.24, 2.45) is 0 Å². The minimum Gasteiger partial charge on any atom is -0.477 e. The van der Waals surface area contributed by atoms with Gasteiger partial charge >= 0.3 is 5.97 Å². The standard InChI is InChI=1S/C12H9N3O2S/c1-6-11-7(3-2-4-10(11)18-15-6)8-5-9(12(16)17)14-13-8/h2-5H,1H3,(H,13,14)(H,16,17). The normalized spacial score (nSPS) is 10.9. The number of hydrogen-bond donors (Lipinski definition) is 2. The number of benzene rings is 1. The smallest absolute Gasteiger partial charge is 0.353 e. The summed E-state index contributed by atoms with van der Waals surface area (Å²) in [5.41, 5.74) is 2.55. The van der Waals surface area contributed by atoms with Crippen LogP contribution in [0.1, 0.15) is 16.2 Å². The van der Waals surface area contributed by atoms with Crippen LogP contribution < -0.4 is 0 Å². The number of fused-ring (bicyclic) bond motifs is 1. The van der Waals surface area contributed by atoms with Gasteiger partial charge in [-0.3, -0.25) is 5.10 Å². The Labute approximate surface area is 106 Å². The van der Waals surface area contributed by atoms with Gasteiger partial charge in [0.15, 0.2) is 0 Å². The highest BCUT2D eigenvalue weighted by Crippen LogP contribution is 2.32. The number of hydrogen-bond acceptors (Lipinski definition) is 4. The quantitative estimate of drug-likeness (QED) is 0.741. The molecule has 0 fully saturated rings. The number of aromatic amines is 1. The molecule has 0 unspecified atom stereocenters. The van der Waals surface area contributed by atoms with E-state index in [0.717, 1.165) is 21.3 Å². The number of carbonyl (C=O) groups is 1. The molecule has 0 atom stereocenters. The minimum absolute atomic E-state index is 0.0860. The van der Waals surface area contributed by atoms with Crippen molar-refractivity contribution in [3.05, 3.63) is 35.7 Å². The first-order valence-corrected chi connectivity index (χ1v) is 6.08. The number of nitrogens with zero attached hydrogens (tertiary/aromatic N) is 2. The van der Waals surface area contributed by atoms with E-state index in [0.29, 0.717) is 5.69 Å². The lowest BCUT2D eigenvalue weighted by molar-refractivity contribution is 0.0690. The maximum absolute atomic E-state index is 10.8. The van der Waals surface area contributed by atoms with E-state index in [1.165, 1.54) is 17.6 Å². The Morgan fingerprint density at radius 3 is 3.00 bits per heavy atom. The first-order valence-electron chi connectivity index (χ1n) is 5.31. The molecular weight excluding hydrogens is 250 g/mol. The molecule has 3 aromatic rings. The van der Waals surface area contributed by atoms with E-state index in [1.54, 1.807) is 0 Å². The summed E-state index contributed by atoms with van der Waals surface area (Å²) in [5, 5.41) is 16.5. The molecule has 18 heavy (non-hydrogen) atoms. The fraction of sp³-hybridized carbons (Fsp3) is 0.0833. The van der Waals surface area contributed by atoms with Crippen LogP contribution in [0, 0.1) is 6.92 Å². The fourth-order valence-electron chi connectivity index (χ4n) is 1.93. The molecule has 0 spiro atoms. The average molecular weight is 259 g/mol. The molecule has 2 aromatic heterocycles. The molecule has 2 N–H and O–H groups in total. The van der Waals surface area contributed by atoms with Gasteiger partial charge < -0.3 is 5.11 Å². The summed E-state index contributed by atoms with van der Waals surface area (Å²) < 4.78 is 5.39. The molecule has 0 radical (unpaired) electrons. The minimum atomic E-state index is -1.01. The summed E-state index contributed by atoms with van der Waals surface area (Å²) in [7, 11) is 0. The molecular formula is C12H9N3O2S. The molecule has 2 heterocycles. The van der Waals surface area contributed by atoms with E-state index in [-0.39, 0.29) is 5.69 Å². The summed E-state index contributed by atoms with van der Waals surface area (Å²) in [5.74, 6) is -1.01. The largest absolute Gasteiger partial charge is 0.477 e. The number of H-pyrrole nitrogens is 1. The number of carboxylic acids is 1. The summed E-state index contributed by atoms with van der Waals surface area (Å²) in [6, 6.07) is 7.37. The summed E-state index contributed by atoms with van der Waals surface area (Å²) >= 11 is 1.43. The van der Waals surface area contributed by atoms with Gasteiger partial charge in [-0.05, 0) is 30.6 Å². The third-order valence-electron chi connectivity index (χ3n) is 2.75. The van der Waals surface area contributed by atoms with Gasteiger partial charge in [0, 0.05) is 10.9 Å². The zero-order valence-corrected chi connectivity index (χ0v) is 10.3. The maximum Gasteiger partial charge on any atom is 0.353 e. The Morgan fingerprint density at radius 2 is 2.28 bits per heavy atom. The predicted octanol–water partition coefficient (Wildman–Crippen LogP) is 2.69. The molecule has 6 heteroatoms. The lowest BCUT2D eigenvalue weighted by Gasteiger charge is -1.99. The van der Waals surface area contributed by atoms with Gasteiger partial charge in [0.2, 0.25) is 0 Å². The van der Waals surface area contributed by atoms with Crippen LogP contribution in [0.3, 0.4) is 0 Å². The molecule has 5 nitrogen and oxygen atoms in total. The van der Waals surface area contributed by atoms with Gasteiger partial charge in [-0.2, -0.15) is 9.47 Å². The Morgan fingerprint density at radius 1 is 1.44 bits per heavy atom. The zero-order valence-electron chi connectivity index (χ0n) is 9.47. The van der Waals surface area contributed by atoms with Crippen LogP contribution in [0.4, 0.5) is 0 Å². The van der Waals surface area contributed by atoms with Crippen molar-refractivity contribution in [3.63, 3.8) is 0 Å². The van der Waals surface area contributed by atoms with E-state index in [9.17, 15) is 4.79 Å². The second-order valence-electron chi connectivity index (χ2n) is 3.92. The van der Waals surface area contributed by atoms with Gasteiger partial charge in [0.05, 0.1) is 16.1 Å². The van der Waals surface area contributed by atoms with Crippen molar-refractivity contribution >= 4 is 27.6 Å². The number of aromatic nitrogens is 3. The number of rotatable bonds is 2. The number of carboxylic acid groups (broad SMARTS) is 1. The molecule has 3 rings (SSSR count). The molecule has 0 aliphatic carbocycles. The Hall–Kier alpha value is -2.21. The highest BCUT2D eigenvalue weighted by molar-refractivity contribution is 7.13. The lowest BCUT2D eigenvalue weighted by Crippen LogP contribution is -1.95. The first kappa shape index (κ1) is 10.9. The lowest BCUT2D eigenvalue weighted by atomic mass is 10.1. The molecule has 0 saturated heterocycles. The van der Waals surface area contributed by atoms with E-state index in [1.807, 2.05) is 25.1 Å². The third-order valence-corrected chi connectivity index (χ3v) is 3.66. The van der Waals surface area contributed by atoms with E-state index in [2.05, 4.69) is 14.6 Å². The molecule has 0 saturated carbocycles. The average Bonchev–Trinajstić information content (AvgIpc) is 2.96.